The molecule has 0 radical (unpaired) electrons. The van der Waals surface area contributed by atoms with E-state index < -0.39 is 23.9 Å². The Labute approximate surface area is 212 Å². The number of esters is 1. The van der Waals surface area contributed by atoms with Gasteiger partial charge in [0.25, 0.3) is 5.91 Å². The Hall–Kier alpha value is -4.02. The second kappa shape index (κ2) is 11.1. The maximum Gasteiger partial charge on any atom is 0.335 e. The quantitative estimate of drug-likeness (QED) is 0.422. The fourth-order valence-corrected chi connectivity index (χ4v) is 4.85. The van der Waals surface area contributed by atoms with E-state index >= 15 is 0 Å². The van der Waals surface area contributed by atoms with Crippen LogP contribution < -0.4 is 5.32 Å². The third kappa shape index (κ3) is 5.29. The summed E-state index contributed by atoms with van der Waals surface area (Å²) in [6, 6.07) is 13.7. The molecule has 0 fully saturated rings. The lowest BCUT2D eigenvalue weighted by molar-refractivity contribution is -0.165. The number of carboxylic acids is 1. The number of aryl methyl sites for hydroxylation is 1. The van der Waals surface area contributed by atoms with Gasteiger partial charge in [0.1, 0.15) is 18.8 Å². The molecule has 2 N–H and O–H groups in total. The topological polar surface area (TPSA) is 112 Å². The van der Waals surface area contributed by atoms with E-state index in [0.29, 0.717) is 10.6 Å². The minimum Gasteiger partial charge on any atom is -0.478 e. The van der Waals surface area contributed by atoms with E-state index in [1.54, 1.807) is 37.5 Å². The third-order valence-corrected chi connectivity index (χ3v) is 6.70. The first-order chi connectivity index (χ1) is 17.4. The number of carbonyl (C=O) groups excluding carboxylic acids is 2. The highest BCUT2D eigenvalue weighted by molar-refractivity contribution is 7.10. The molecule has 1 unspecified atom stereocenters. The standard InChI is InChI=1S/C26H26N4O5S/c1-3-29-25(32)23(28-19-14-27-12-11-17(19)2)22(26(33)34)24(20-10-7-13-36-20)30(29)15-21(31)35-16-18-8-5-4-6-9-18/h4-14,24,28H,3,15-16H2,1-2H3,(H,33,34). The molecular weight excluding hydrogens is 480 g/mol. The van der Waals surface area contributed by atoms with Crippen LogP contribution in [0.2, 0.25) is 0 Å². The first-order valence-corrected chi connectivity index (χ1v) is 12.2. The number of thiophene rings is 1. The number of aromatic nitrogens is 1. The molecule has 1 aromatic carbocycles. The van der Waals surface area contributed by atoms with Crippen LogP contribution in [0.4, 0.5) is 5.69 Å². The minimum absolute atomic E-state index is 0.0623. The Kier molecular flexibility index (Phi) is 7.77. The van der Waals surface area contributed by atoms with Crippen LogP contribution in [-0.2, 0) is 25.7 Å². The number of anilines is 1. The number of carboxylic acid groups (broad SMARTS) is 1. The summed E-state index contributed by atoms with van der Waals surface area (Å²) in [6.45, 7) is 3.60. The number of pyridine rings is 1. The molecule has 0 spiro atoms. The summed E-state index contributed by atoms with van der Waals surface area (Å²) in [7, 11) is 0. The number of carbonyl (C=O) groups is 3. The summed E-state index contributed by atoms with van der Waals surface area (Å²) in [5, 5.41) is 18.0. The van der Waals surface area contributed by atoms with Gasteiger partial charge in [-0.25, -0.2) is 4.79 Å². The number of rotatable bonds is 9. The van der Waals surface area contributed by atoms with Gasteiger partial charge in [0, 0.05) is 17.6 Å². The van der Waals surface area contributed by atoms with E-state index in [9.17, 15) is 19.5 Å². The molecule has 1 aliphatic heterocycles. The van der Waals surface area contributed by atoms with E-state index in [2.05, 4.69) is 10.3 Å². The number of amides is 1. The summed E-state index contributed by atoms with van der Waals surface area (Å²) in [6.07, 6.45) is 3.16. The monoisotopic (exact) mass is 506 g/mol. The lowest BCUT2D eigenvalue weighted by atomic mass is 9.98. The van der Waals surface area contributed by atoms with Crippen molar-refractivity contribution in [3.8, 4) is 0 Å². The fourth-order valence-electron chi connectivity index (χ4n) is 4.01. The molecule has 1 atom stereocenters. The number of ether oxygens (including phenoxy) is 1. The van der Waals surface area contributed by atoms with Gasteiger partial charge in [-0.05, 0) is 42.5 Å². The lowest BCUT2D eigenvalue weighted by Crippen LogP contribution is -2.56. The van der Waals surface area contributed by atoms with Crippen molar-refractivity contribution in [2.24, 2.45) is 0 Å². The fraction of sp³-hybridized carbons (Fsp3) is 0.231. The zero-order valence-corrected chi connectivity index (χ0v) is 20.7. The summed E-state index contributed by atoms with van der Waals surface area (Å²) in [5.74, 6) is -2.39. The molecule has 3 aromatic rings. The van der Waals surface area contributed by atoms with Gasteiger partial charge in [-0.3, -0.25) is 19.6 Å². The predicted octanol–water partition coefficient (Wildman–Crippen LogP) is 3.77. The predicted molar refractivity (Wildman–Crippen MR) is 135 cm³/mol. The van der Waals surface area contributed by atoms with Gasteiger partial charge in [0.2, 0.25) is 0 Å². The number of hydrazine groups is 1. The van der Waals surface area contributed by atoms with Gasteiger partial charge in [-0.1, -0.05) is 36.4 Å². The lowest BCUT2D eigenvalue weighted by Gasteiger charge is -2.43. The van der Waals surface area contributed by atoms with Crippen molar-refractivity contribution in [2.45, 2.75) is 26.5 Å². The molecule has 0 bridgehead atoms. The van der Waals surface area contributed by atoms with Gasteiger partial charge in [-0.2, -0.15) is 5.01 Å². The Morgan fingerprint density at radius 2 is 1.94 bits per heavy atom. The molecule has 0 saturated heterocycles. The van der Waals surface area contributed by atoms with Gasteiger partial charge in [-0.15, -0.1) is 11.3 Å². The van der Waals surface area contributed by atoms with E-state index in [1.807, 2.05) is 42.6 Å². The second-order valence-corrected chi connectivity index (χ2v) is 9.07. The van der Waals surface area contributed by atoms with Crippen LogP contribution in [0.5, 0.6) is 0 Å². The van der Waals surface area contributed by atoms with E-state index in [-0.39, 0.29) is 31.0 Å². The molecule has 0 aliphatic carbocycles. The van der Waals surface area contributed by atoms with Gasteiger partial charge in [0.15, 0.2) is 0 Å². The van der Waals surface area contributed by atoms with Gasteiger partial charge < -0.3 is 15.2 Å². The number of nitrogens with one attached hydrogen (secondary N) is 1. The van der Waals surface area contributed by atoms with Crippen LogP contribution in [-0.4, -0.2) is 51.0 Å². The van der Waals surface area contributed by atoms with Crippen LogP contribution in [0.3, 0.4) is 0 Å². The van der Waals surface area contributed by atoms with Crippen LogP contribution in [0.1, 0.15) is 29.0 Å². The van der Waals surface area contributed by atoms with Crippen molar-refractivity contribution >= 4 is 34.9 Å². The third-order valence-electron chi connectivity index (χ3n) is 5.77. The van der Waals surface area contributed by atoms with Crippen molar-refractivity contribution < 1.29 is 24.2 Å². The molecule has 186 valence electrons. The van der Waals surface area contributed by atoms with Crippen molar-refractivity contribution in [3.63, 3.8) is 0 Å². The Bertz CT molecular complexity index is 1280. The number of benzene rings is 1. The Morgan fingerprint density at radius 3 is 2.58 bits per heavy atom. The summed E-state index contributed by atoms with van der Waals surface area (Å²) >= 11 is 1.35. The Morgan fingerprint density at radius 1 is 1.17 bits per heavy atom. The van der Waals surface area contributed by atoms with Gasteiger partial charge in [0.05, 0.1) is 23.5 Å². The molecule has 1 amide bonds. The number of aliphatic carboxylic acids is 1. The zero-order chi connectivity index (χ0) is 25.7. The first-order valence-electron chi connectivity index (χ1n) is 11.4. The molecular formula is C26H26N4O5S. The number of hydrogen-bond donors (Lipinski definition) is 2. The van der Waals surface area contributed by atoms with E-state index in [4.69, 9.17) is 4.74 Å². The van der Waals surface area contributed by atoms with Crippen molar-refractivity contribution in [1.29, 1.82) is 0 Å². The molecule has 9 nitrogen and oxygen atoms in total. The smallest absolute Gasteiger partial charge is 0.335 e. The summed E-state index contributed by atoms with van der Waals surface area (Å²) in [5.41, 5.74) is 1.94. The molecule has 1 aliphatic rings. The van der Waals surface area contributed by atoms with E-state index in [1.165, 1.54) is 21.4 Å². The zero-order valence-electron chi connectivity index (χ0n) is 19.9. The SMILES string of the molecule is CCN1C(=O)C(Nc2cnccc2C)=C(C(=O)O)C(c2cccs2)N1CC(=O)OCc1ccccc1. The highest BCUT2D eigenvalue weighted by Crippen LogP contribution is 2.39. The molecule has 10 heteroatoms. The Balaban J connectivity index is 1.72. The van der Waals surface area contributed by atoms with Crippen molar-refractivity contribution in [1.82, 2.24) is 15.0 Å². The van der Waals surface area contributed by atoms with Crippen LogP contribution in [0.15, 0.2) is 77.6 Å². The second-order valence-electron chi connectivity index (χ2n) is 8.09. The number of nitrogens with zero attached hydrogens (tertiary/aromatic N) is 3. The average Bonchev–Trinajstić information content (AvgIpc) is 3.40. The largest absolute Gasteiger partial charge is 0.478 e. The maximum absolute atomic E-state index is 13.6. The molecule has 2 aromatic heterocycles. The molecule has 36 heavy (non-hydrogen) atoms. The summed E-state index contributed by atoms with van der Waals surface area (Å²) < 4.78 is 5.46. The minimum atomic E-state index is -1.26. The molecule has 4 rings (SSSR count). The van der Waals surface area contributed by atoms with Crippen LogP contribution in [0, 0.1) is 6.92 Å². The number of likely N-dealkylation sites (N-methyl/N-ethyl adjacent to an activating group) is 1. The average molecular weight is 507 g/mol. The van der Waals surface area contributed by atoms with Crippen LogP contribution >= 0.6 is 11.3 Å². The normalized spacial score (nSPS) is 16.2. The highest BCUT2D eigenvalue weighted by atomic mass is 32.1. The molecule has 0 saturated carbocycles. The number of hydrogen-bond acceptors (Lipinski definition) is 8. The molecule has 3 heterocycles. The van der Waals surface area contributed by atoms with E-state index in [0.717, 1.165) is 11.1 Å². The maximum atomic E-state index is 13.6. The first kappa shape index (κ1) is 25.1. The van der Waals surface area contributed by atoms with Crippen molar-refractivity contribution in [3.05, 3.63) is 93.6 Å². The van der Waals surface area contributed by atoms with Gasteiger partial charge >= 0.3 is 11.9 Å². The van der Waals surface area contributed by atoms with Crippen molar-refractivity contribution in [2.75, 3.05) is 18.4 Å². The van der Waals surface area contributed by atoms with Crippen LogP contribution in [0.25, 0.3) is 0 Å². The highest BCUT2D eigenvalue weighted by Gasteiger charge is 2.44. The summed E-state index contributed by atoms with van der Waals surface area (Å²) in [4.78, 5) is 43.9.